The molecule has 0 spiro atoms. The zero-order valence-corrected chi connectivity index (χ0v) is 14.8. The molecule has 0 saturated carbocycles. The lowest BCUT2D eigenvalue weighted by atomic mass is 10.3. The first-order chi connectivity index (χ1) is 9.99. The fourth-order valence-electron chi connectivity index (χ4n) is 1.68. The van der Waals surface area contributed by atoms with Crippen LogP contribution in [0.1, 0.15) is 20.3 Å². The third-order valence-electron chi connectivity index (χ3n) is 3.15. The highest BCUT2D eigenvalue weighted by Gasteiger charge is 2.36. The van der Waals surface area contributed by atoms with Gasteiger partial charge in [-0.1, -0.05) is 0 Å². The summed E-state index contributed by atoms with van der Waals surface area (Å²) >= 11 is 10.3. The molecule has 0 bridgehead atoms. The Labute approximate surface area is 139 Å². The number of aliphatic imine (C=N–C) groups is 1. The van der Waals surface area contributed by atoms with Crippen LogP contribution in [-0.2, 0) is 10.1 Å². The lowest BCUT2D eigenvalue weighted by Gasteiger charge is -2.36. The predicted octanol–water partition coefficient (Wildman–Crippen LogP) is 2.63. The second-order valence-corrected chi connectivity index (χ2v) is 6.27. The molecule has 0 atom stereocenters. The lowest BCUT2D eigenvalue weighted by molar-refractivity contribution is -0.922. The largest absolute Gasteiger partial charge is 0.741 e. The number of rotatable bonds is 8. The summed E-state index contributed by atoms with van der Waals surface area (Å²) in [7, 11) is -6.09. The molecule has 0 amide bonds. The van der Waals surface area contributed by atoms with E-state index < -0.39 is 15.6 Å². The Bertz CT molecular complexity index is 448. The van der Waals surface area contributed by atoms with Crippen LogP contribution in [0.4, 0.5) is 13.2 Å². The number of halogens is 4. The van der Waals surface area contributed by atoms with Crippen molar-refractivity contribution in [3.8, 4) is 0 Å². The van der Waals surface area contributed by atoms with Gasteiger partial charge in [0.15, 0.2) is 10.1 Å². The summed E-state index contributed by atoms with van der Waals surface area (Å²) in [6, 6.07) is 0. The SMILES string of the molecule is CC[N+](CC)(CCCl)CCCN=C=S.O=S(=O)([O-])C(F)(F)F. The molecule has 0 aliphatic heterocycles. The Hall–Kier alpha value is -0.250. The predicted molar refractivity (Wildman–Crippen MR) is 82.1 cm³/mol. The van der Waals surface area contributed by atoms with Crippen molar-refractivity contribution in [1.29, 1.82) is 0 Å². The van der Waals surface area contributed by atoms with E-state index in [0.29, 0.717) is 0 Å². The van der Waals surface area contributed by atoms with E-state index in [1.807, 2.05) is 0 Å². The Balaban J connectivity index is 0. The van der Waals surface area contributed by atoms with Crippen LogP contribution in [-0.4, -0.2) is 66.7 Å². The Kier molecular flexibility index (Phi) is 12.3. The molecular formula is C11H20ClF3N2O3S2. The van der Waals surface area contributed by atoms with Gasteiger partial charge in [0.1, 0.15) is 0 Å². The molecular weight excluding hydrogens is 365 g/mol. The van der Waals surface area contributed by atoms with Gasteiger partial charge in [0, 0.05) is 6.42 Å². The molecule has 22 heavy (non-hydrogen) atoms. The molecule has 0 aliphatic carbocycles. The van der Waals surface area contributed by atoms with Gasteiger partial charge in [0.2, 0.25) is 0 Å². The van der Waals surface area contributed by atoms with E-state index in [4.69, 9.17) is 24.6 Å². The van der Waals surface area contributed by atoms with Crippen LogP contribution in [0, 0.1) is 0 Å². The summed E-state index contributed by atoms with van der Waals surface area (Å²) in [6.45, 7) is 9.72. The van der Waals surface area contributed by atoms with Crippen LogP contribution in [0.25, 0.3) is 0 Å². The maximum absolute atomic E-state index is 10.7. The molecule has 0 aromatic carbocycles. The van der Waals surface area contributed by atoms with Gasteiger partial charge < -0.3 is 9.04 Å². The first-order valence-corrected chi connectivity index (χ1v) is 8.81. The topological polar surface area (TPSA) is 69.6 Å². The van der Waals surface area contributed by atoms with Crippen LogP contribution in [0.15, 0.2) is 4.99 Å². The third-order valence-corrected chi connectivity index (χ3v) is 4.02. The standard InChI is InChI=1S/C10H20ClN2S.CHF3O3S/c1-3-13(4-2,9-6-11)8-5-7-12-10-14;2-1(3,4)8(5,6)7/h3-9H2,1-2H3;(H,5,6,7)/q+1;/p-1. The highest BCUT2D eigenvalue weighted by Crippen LogP contribution is 2.20. The zero-order chi connectivity index (χ0) is 17.9. The monoisotopic (exact) mass is 384 g/mol. The molecule has 0 fully saturated rings. The molecule has 11 heteroatoms. The fourth-order valence-corrected chi connectivity index (χ4v) is 2.13. The van der Waals surface area contributed by atoms with E-state index in [1.54, 1.807) is 0 Å². The summed E-state index contributed by atoms with van der Waals surface area (Å²) < 4.78 is 60.0. The van der Waals surface area contributed by atoms with Crippen molar-refractivity contribution in [2.75, 3.05) is 38.6 Å². The molecule has 0 aliphatic rings. The summed E-state index contributed by atoms with van der Waals surface area (Å²) in [5.41, 5.74) is -5.65. The smallest absolute Gasteiger partial charge is 0.485 e. The van der Waals surface area contributed by atoms with Gasteiger partial charge in [-0.15, -0.1) is 11.6 Å². The van der Waals surface area contributed by atoms with E-state index in [0.717, 1.165) is 49.5 Å². The summed E-state index contributed by atoms with van der Waals surface area (Å²) in [6.07, 6.45) is 1.07. The van der Waals surface area contributed by atoms with Crippen LogP contribution < -0.4 is 0 Å². The fraction of sp³-hybridized carbons (Fsp3) is 0.909. The molecule has 132 valence electrons. The first kappa shape index (κ1) is 24.0. The quantitative estimate of drug-likeness (QED) is 0.123. The molecule has 0 heterocycles. The van der Waals surface area contributed by atoms with Crippen molar-refractivity contribution in [2.45, 2.75) is 25.8 Å². The number of quaternary nitrogens is 1. The van der Waals surface area contributed by atoms with E-state index >= 15 is 0 Å². The Morgan fingerprint density at radius 3 is 2.00 bits per heavy atom. The molecule has 0 unspecified atom stereocenters. The van der Waals surface area contributed by atoms with Gasteiger partial charge in [-0.25, -0.2) is 13.4 Å². The van der Waals surface area contributed by atoms with Gasteiger partial charge in [-0.3, -0.25) is 0 Å². The highest BCUT2D eigenvalue weighted by molar-refractivity contribution is 7.86. The van der Waals surface area contributed by atoms with E-state index in [9.17, 15) is 13.2 Å². The van der Waals surface area contributed by atoms with Crippen LogP contribution in [0.5, 0.6) is 0 Å². The van der Waals surface area contributed by atoms with Crippen molar-refractivity contribution in [3.63, 3.8) is 0 Å². The van der Waals surface area contributed by atoms with E-state index in [2.05, 4.69) is 36.2 Å². The van der Waals surface area contributed by atoms with Crippen molar-refractivity contribution in [2.24, 2.45) is 4.99 Å². The minimum Gasteiger partial charge on any atom is -0.741 e. The number of hydrogen-bond acceptors (Lipinski definition) is 5. The van der Waals surface area contributed by atoms with Crippen LogP contribution in [0.2, 0.25) is 0 Å². The minimum absolute atomic E-state index is 0.734. The van der Waals surface area contributed by atoms with Crippen molar-refractivity contribution >= 4 is 39.1 Å². The minimum atomic E-state index is -6.09. The number of isothiocyanates is 1. The average molecular weight is 385 g/mol. The molecule has 0 aromatic rings. The van der Waals surface area contributed by atoms with Gasteiger partial charge in [0.05, 0.1) is 43.8 Å². The van der Waals surface area contributed by atoms with Crippen molar-refractivity contribution in [3.05, 3.63) is 0 Å². The number of hydrogen-bond donors (Lipinski definition) is 0. The lowest BCUT2D eigenvalue weighted by Crippen LogP contribution is -2.49. The molecule has 5 nitrogen and oxygen atoms in total. The van der Waals surface area contributed by atoms with Crippen LogP contribution >= 0.6 is 23.8 Å². The van der Waals surface area contributed by atoms with Gasteiger partial charge in [-0.05, 0) is 26.1 Å². The summed E-state index contributed by atoms with van der Waals surface area (Å²) in [4.78, 5) is 3.93. The Morgan fingerprint density at radius 2 is 1.73 bits per heavy atom. The number of nitrogens with zero attached hydrogens (tertiary/aromatic N) is 2. The normalized spacial score (nSPS) is 12.1. The maximum atomic E-state index is 10.7. The second kappa shape index (κ2) is 11.3. The maximum Gasteiger partial charge on any atom is 0.485 e. The molecule has 0 aromatic heterocycles. The zero-order valence-electron chi connectivity index (χ0n) is 12.4. The number of thiocarbonyl (C=S) groups is 1. The summed E-state index contributed by atoms with van der Waals surface area (Å²) in [5, 5.41) is 2.40. The van der Waals surface area contributed by atoms with Gasteiger partial charge in [0.25, 0.3) is 0 Å². The van der Waals surface area contributed by atoms with Crippen LogP contribution in [0.3, 0.4) is 0 Å². The third kappa shape index (κ3) is 10.5. The Morgan fingerprint density at radius 1 is 1.27 bits per heavy atom. The molecule has 0 radical (unpaired) electrons. The summed E-state index contributed by atoms with van der Waals surface area (Å²) in [5.74, 6) is 0.734. The van der Waals surface area contributed by atoms with Gasteiger partial charge in [-0.2, -0.15) is 13.2 Å². The van der Waals surface area contributed by atoms with Crippen molar-refractivity contribution < 1.29 is 30.6 Å². The number of alkyl halides is 4. The highest BCUT2D eigenvalue weighted by atomic mass is 35.5. The average Bonchev–Trinajstić information content (AvgIpc) is 2.41. The molecule has 0 N–H and O–H groups in total. The van der Waals surface area contributed by atoms with Crippen molar-refractivity contribution in [1.82, 2.24) is 0 Å². The molecule has 0 rings (SSSR count). The first-order valence-electron chi connectivity index (χ1n) is 6.46. The van der Waals surface area contributed by atoms with E-state index in [1.165, 1.54) is 0 Å². The van der Waals surface area contributed by atoms with Gasteiger partial charge >= 0.3 is 5.51 Å². The molecule has 0 saturated heterocycles. The van der Waals surface area contributed by atoms with E-state index in [-0.39, 0.29) is 0 Å². The second-order valence-electron chi connectivity index (χ2n) is 4.34.